The van der Waals surface area contributed by atoms with Gasteiger partial charge < -0.3 is 5.73 Å². The maximum atomic E-state index is 13.3. The van der Waals surface area contributed by atoms with Crippen LogP contribution in [0.3, 0.4) is 0 Å². The van der Waals surface area contributed by atoms with Crippen molar-refractivity contribution in [2.75, 3.05) is 13.1 Å². The SMILES string of the molecule is NC(=O)/C(=C/c1ccnc(-c2cc(C(F)(F)F)cc(C(F)(F)F)c2)n1)c1ccc(S(=O)(=O)N2CCCCC2)cc1. The first-order chi connectivity index (χ1) is 18.7. The normalized spacial score (nSPS) is 15.7. The minimum absolute atomic E-state index is 0.00636. The predicted octanol–water partition coefficient (Wildman–Crippen LogP) is 5.38. The summed E-state index contributed by atoms with van der Waals surface area (Å²) in [7, 11) is -3.73. The third-order valence-electron chi connectivity index (χ3n) is 6.20. The molecule has 0 bridgehead atoms. The third kappa shape index (κ3) is 6.50. The number of primary amides is 1. The van der Waals surface area contributed by atoms with Crippen molar-refractivity contribution in [1.82, 2.24) is 14.3 Å². The summed E-state index contributed by atoms with van der Waals surface area (Å²) < 4.78 is 107. The molecule has 1 fully saturated rings. The zero-order chi connectivity index (χ0) is 29.3. The van der Waals surface area contributed by atoms with Crippen LogP contribution in [0.4, 0.5) is 26.3 Å². The molecule has 0 atom stereocenters. The van der Waals surface area contributed by atoms with Gasteiger partial charge in [0.2, 0.25) is 15.9 Å². The van der Waals surface area contributed by atoms with E-state index in [0.717, 1.165) is 25.5 Å². The number of sulfonamides is 1. The number of benzene rings is 2. The molecular formula is C26H22F6N4O3S. The van der Waals surface area contributed by atoms with Crippen molar-refractivity contribution in [2.45, 2.75) is 36.5 Å². The molecule has 2 aromatic carbocycles. The number of nitrogens with zero attached hydrogens (tertiary/aromatic N) is 3. The molecule has 1 saturated heterocycles. The van der Waals surface area contributed by atoms with Gasteiger partial charge in [-0.05, 0) is 60.9 Å². The number of piperidine rings is 1. The fourth-order valence-corrected chi connectivity index (χ4v) is 5.70. The number of amides is 1. The van der Waals surface area contributed by atoms with Gasteiger partial charge >= 0.3 is 12.4 Å². The van der Waals surface area contributed by atoms with Gasteiger partial charge in [0.15, 0.2) is 5.82 Å². The standard InChI is InChI=1S/C26H22F6N4O3S/c27-25(28,29)18-12-17(13-19(14-18)26(30,31)32)24-34-9-8-20(35-24)15-22(23(33)37)16-4-6-21(7-5-16)40(38,39)36-10-2-1-3-11-36/h4-9,12-15H,1-3,10-11H2,(H2,33,37)/b22-15+. The Bertz CT molecular complexity index is 1510. The third-order valence-corrected chi connectivity index (χ3v) is 8.11. The quantitative estimate of drug-likeness (QED) is 0.309. The van der Waals surface area contributed by atoms with Crippen molar-refractivity contribution in [2.24, 2.45) is 5.73 Å². The zero-order valence-electron chi connectivity index (χ0n) is 20.6. The molecule has 1 aromatic heterocycles. The van der Waals surface area contributed by atoms with E-state index in [9.17, 15) is 39.6 Å². The van der Waals surface area contributed by atoms with E-state index in [0.29, 0.717) is 25.2 Å². The molecule has 1 amide bonds. The van der Waals surface area contributed by atoms with Crippen molar-refractivity contribution in [3.63, 3.8) is 0 Å². The molecule has 1 aliphatic rings. The molecule has 0 aliphatic carbocycles. The van der Waals surface area contributed by atoms with Crippen LogP contribution in [0.1, 0.15) is 41.6 Å². The second-order valence-corrected chi connectivity index (χ2v) is 10.9. The van der Waals surface area contributed by atoms with Crippen molar-refractivity contribution < 1.29 is 39.6 Å². The van der Waals surface area contributed by atoms with Gasteiger partial charge in [-0.25, -0.2) is 18.4 Å². The Hall–Kier alpha value is -3.78. The van der Waals surface area contributed by atoms with Crippen LogP contribution >= 0.6 is 0 Å². The van der Waals surface area contributed by atoms with E-state index >= 15 is 0 Å². The molecule has 14 heteroatoms. The van der Waals surface area contributed by atoms with Gasteiger partial charge in [0, 0.05) is 30.4 Å². The number of carbonyl (C=O) groups excluding carboxylic acids is 1. The lowest BCUT2D eigenvalue weighted by Crippen LogP contribution is -2.35. The summed E-state index contributed by atoms with van der Waals surface area (Å²) in [6, 6.07) is 7.65. The van der Waals surface area contributed by atoms with E-state index < -0.39 is 50.8 Å². The number of carbonyl (C=O) groups is 1. The summed E-state index contributed by atoms with van der Waals surface area (Å²) in [6.45, 7) is 0.811. The van der Waals surface area contributed by atoms with Crippen LogP contribution < -0.4 is 5.73 Å². The molecule has 40 heavy (non-hydrogen) atoms. The van der Waals surface area contributed by atoms with Crippen LogP contribution in [-0.2, 0) is 27.2 Å². The molecule has 7 nitrogen and oxygen atoms in total. The summed E-state index contributed by atoms with van der Waals surface area (Å²) in [5, 5.41) is 0. The van der Waals surface area contributed by atoms with E-state index in [-0.39, 0.29) is 27.8 Å². The Balaban J connectivity index is 1.70. The molecule has 4 rings (SSSR count). The van der Waals surface area contributed by atoms with Crippen LogP contribution in [0, 0.1) is 0 Å². The lowest BCUT2D eigenvalue weighted by Gasteiger charge is -2.25. The van der Waals surface area contributed by atoms with Crippen LogP contribution in [0.2, 0.25) is 0 Å². The summed E-state index contributed by atoms with van der Waals surface area (Å²) in [5.74, 6) is -1.37. The molecule has 3 aromatic rings. The van der Waals surface area contributed by atoms with Crippen LogP contribution in [-0.4, -0.2) is 41.7 Å². The van der Waals surface area contributed by atoms with E-state index in [1.54, 1.807) is 0 Å². The highest BCUT2D eigenvalue weighted by molar-refractivity contribution is 7.89. The van der Waals surface area contributed by atoms with Gasteiger partial charge in [0.1, 0.15) is 0 Å². The maximum absolute atomic E-state index is 13.3. The highest BCUT2D eigenvalue weighted by atomic mass is 32.2. The van der Waals surface area contributed by atoms with Crippen molar-refractivity contribution in [1.29, 1.82) is 0 Å². The number of rotatable bonds is 6. The van der Waals surface area contributed by atoms with Gasteiger partial charge in [0.05, 0.1) is 21.7 Å². The first-order valence-electron chi connectivity index (χ1n) is 11.9. The Morgan fingerprint density at radius 1 is 0.875 bits per heavy atom. The van der Waals surface area contributed by atoms with Gasteiger partial charge in [-0.1, -0.05) is 18.6 Å². The summed E-state index contributed by atoms with van der Waals surface area (Å²) >= 11 is 0. The number of alkyl halides is 6. The second-order valence-electron chi connectivity index (χ2n) is 9.01. The van der Waals surface area contributed by atoms with Crippen LogP contribution in [0.25, 0.3) is 23.0 Å². The smallest absolute Gasteiger partial charge is 0.366 e. The van der Waals surface area contributed by atoms with Gasteiger partial charge in [-0.2, -0.15) is 30.6 Å². The van der Waals surface area contributed by atoms with Crippen molar-refractivity contribution >= 4 is 27.6 Å². The van der Waals surface area contributed by atoms with E-state index in [4.69, 9.17) is 5.73 Å². The number of hydrogen-bond donors (Lipinski definition) is 1. The summed E-state index contributed by atoms with van der Waals surface area (Å²) in [6.07, 6.45) is -5.37. The van der Waals surface area contributed by atoms with E-state index in [1.165, 1.54) is 40.7 Å². The average molecular weight is 585 g/mol. The maximum Gasteiger partial charge on any atom is 0.416 e. The van der Waals surface area contributed by atoms with E-state index in [1.807, 2.05) is 0 Å². The molecule has 0 radical (unpaired) electrons. The fourth-order valence-electron chi connectivity index (χ4n) is 4.18. The Morgan fingerprint density at radius 3 is 1.98 bits per heavy atom. The molecule has 212 valence electrons. The van der Waals surface area contributed by atoms with E-state index in [2.05, 4.69) is 9.97 Å². The van der Waals surface area contributed by atoms with Crippen molar-refractivity contribution in [3.8, 4) is 11.4 Å². The number of hydrogen-bond acceptors (Lipinski definition) is 5. The number of halogens is 6. The van der Waals surface area contributed by atoms with Crippen LogP contribution in [0.15, 0.2) is 59.6 Å². The Morgan fingerprint density at radius 2 is 1.45 bits per heavy atom. The average Bonchev–Trinajstić information content (AvgIpc) is 2.91. The lowest BCUT2D eigenvalue weighted by molar-refractivity contribution is -0.143. The highest BCUT2D eigenvalue weighted by Gasteiger charge is 2.37. The molecule has 2 heterocycles. The fraction of sp³-hybridized carbons (Fsp3) is 0.269. The minimum Gasteiger partial charge on any atom is -0.366 e. The molecule has 0 spiro atoms. The van der Waals surface area contributed by atoms with Crippen LogP contribution in [0.5, 0.6) is 0 Å². The minimum atomic E-state index is -5.06. The second kappa shape index (κ2) is 11.0. The van der Waals surface area contributed by atoms with Gasteiger partial charge in [-0.3, -0.25) is 4.79 Å². The Labute approximate surface area is 225 Å². The molecule has 0 saturated carbocycles. The lowest BCUT2D eigenvalue weighted by atomic mass is 10.0. The predicted molar refractivity (Wildman–Crippen MR) is 134 cm³/mol. The zero-order valence-corrected chi connectivity index (χ0v) is 21.4. The monoisotopic (exact) mass is 584 g/mol. The van der Waals surface area contributed by atoms with Gasteiger partial charge in [0.25, 0.3) is 0 Å². The summed E-state index contributed by atoms with van der Waals surface area (Å²) in [5.41, 5.74) is 2.00. The topological polar surface area (TPSA) is 106 Å². The first-order valence-corrected chi connectivity index (χ1v) is 13.4. The largest absolute Gasteiger partial charge is 0.416 e. The number of aromatic nitrogens is 2. The molecule has 2 N–H and O–H groups in total. The number of nitrogens with two attached hydrogens (primary N) is 1. The highest BCUT2D eigenvalue weighted by Crippen LogP contribution is 2.38. The summed E-state index contributed by atoms with van der Waals surface area (Å²) in [4.78, 5) is 20.1. The molecular weight excluding hydrogens is 562 g/mol. The molecule has 1 aliphatic heterocycles. The van der Waals surface area contributed by atoms with Crippen molar-refractivity contribution in [3.05, 3.63) is 77.1 Å². The van der Waals surface area contributed by atoms with Gasteiger partial charge in [-0.15, -0.1) is 0 Å². The first kappa shape index (κ1) is 29.2. The Kier molecular flexibility index (Phi) is 8.04. The molecule has 0 unspecified atom stereocenters.